The zero-order valence-corrected chi connectivity index (χ0v) is 28.6. The van der Waals surface area contributed by atoms with Gasteiger partial charge in [0.2, 0.25) is 5.69 Å². The molecule has 2 aliphatic rings. The first kappa shape index (κ1) is 32.4. The van der Waals surface area contributed by atoms with E-state index >= 15 is 0 Å². The molecule has 0 amide bonds. The van der Waals surface area contributed by atoms with Crippen LogP contribution in [-0.4, -0.2) is 39.4 Å². The summed E-state index contributed by atoms with van der Waals surface area (Å²) in [6.45, 7) is 12.5. The van der Waals surface area contributed by atoms with Crippen molar-refractivity contribution in [1.29, 1.82) is 0 Å². The largest absolute Gasteiger partial charge is 0.481 e. The Morgan fingerprint density at radius 2 is 1.77 bits per heavy atom. The van der Waals surface area contributed by atoms with Crippen LogP contribution in [0.2, 0.25) is 0 Å². The van der Waals surface area contributed by atoms with E-state index in [0.29, 0.717) is 6.42 Å². The number of allylic oxidation sites excluding steroid dienone is 4. The summed E-state index contributed by atoms with van der Waals surface area (Å²) in [5.41, 5.74) is 7.41. The molecule has 8 heteroatoms. The van der Waals surface area contributed by atoms with Crippen LogP contribution >= 0.6 is 11.3 Å². The van der Waals surface area contributed by atoms with Crippen LogP contribution in [0.3, 0.4) is 0 Å². The predicted octanol–water partition coefficient (Wildman–Crippen LogP) is 9.76. The first-order chi connectivity index (χ1) is 22.4. The topological polar surface area (TPSA) is 86.7 Å². The van der Waals surface area contributed by atoms with Gasteiger partial charge in [-0.15, -0.1) is 11.3 Å². The molecule has 6 rings (SSSR count). The van der Waals surface area contributed by atoms with Crippen LogP contribution in [0.15, 0.2) is 90.7 Å². The molecule has 0 fully saturated rings. The van der Waals surface area contributed by atoms with E-state index in [1.165, 1.54) is 37.5 Å². The molecule has 0 radical (unpaired) electrons. The summed E-state index contributed by atoms with van der Waals surface area (Å²) in [7, 11) is 0. The van der Waals surface area contributed by atoms with E-state index < -0.39 is 11.4 Å². The van der Waals surface area contributed by atoms with Gasteiger partial charge < -0.3 is 10.0 Å². The molecule has 242 valence electrons. The second kappa shape index (κ2) is 12.6. The summed E-state index contributed by atoms with van der Waals surface area (Å²) in [5.74, 6) is -0.748. The highest BCUT2D eigenvalue weighted by Crippen LogP contribution is 2.49. The monoisotopic (exact) mass is 648 g/mol. The maximum Gasteiger partial charge on any atom is 0.303 e. The van der Waals surface area contributed by atoms with Gasteiger partial charge in [0.05, 0.1) is 10.3 Å². The highest BCUT2D eigenvalue weighted by atomic mass is 32.1. The van der Waals surface area contributed by atoms with Crippen LogP contribution in [0.25, 0.3) is 20.5 Å². The number of carboxylic acids is 1. The fraction of sp³-hybridized carbons (Fsp3) is 0.333. The summed E-state index contributed by atoms with van der Waals surface area (Å²) in [6, 6.07) is 22.8. The molecule has 3 heterocycles. The Kier molecular flexibility index (Phi) is 8.66. The van der Waals surface area contributed by atoms with Crippen LogP contribution in [0.1, 0.15) is 71.4 Å². The van der Waals surface area contributed by atoms with Crippen molar-refractivity contribution < 1.29 is 19.4 Å². The molecular weight excluding hydrogens is 607 g/mol. The summed E-state index contributed by atoms with van der Waals surface area (Å²) in [5, 5.41) is 21.9. The lowest BCUT2D eigenvalue weighted by atomic mass is 9.80. The third-order valence-electron chi connectivity index (χ3n) is 9.78. The first-order valence-corrected chi connectivity index (χ1v) is 17.2. The number of non-ortho nitro benzene ring substituents is 1. The van der Waals surface area contributed by atoms with E-state index in [0.717, 1.165) is 42.9 Å². The maximum absolute atomic E-state index is 11.6. The molecule has 7 nitrogen and oxygen atoms in total. The molecule has 1 aromatic heterocycles. The number of benzene rings is 3. The zero-order chi connectivity index (χ0) is 33.5. The number of unbranched alkanes of at least 4 members (excludes halogenated alkanes) is 2. The third-order valence-corrected chi connectivity index (χ3v) is 11.0. The Balaban J connectivity index is 1.36. The van der Waals surface area contributed by atoms with Crippen LogP contribution < -0.4 is 4.90 Å². The quantitative estimate of drug-likeness (QED) is 0.0757. The highest BCUT2D eigenvalue weighted by molar-refractivity contribution is 7.22. The van der Waals surface area contributed by atoms with Crippen molar-refractivity contribution in [2.45, 2.75) is 71.1 Å². The molecule has 1 N–H and O–H groups in total. The standard InChI is InChI=1S/C39H41N3O4S/c1-6-40-31-21-19-28(42(45)46)25-30(31)39(4,5)35(40)15-12-16-36-38(2,3)29-23-27(34-24-26-13-9-10-14-33(26)47-34)18-20-32(29)41(36)22-11-7-8-17-37(43)44/h9-10,12-16,18-21,23-25H,6-8,11,17,22H2,1-5H3/p+1. The number of hydrogen-bond acceptors (Lipinski definition) is 5. The number of nitro groups is 1. The summed E-state index contributed by atoms with van der Waals surface area (Å²) >= 11 is 1.81. The van der Waals surface area contributed by atoms with Gasteiger partial charge in [-0.1, -0.05) is 38.1 Å². The van der Waals surface area contributed by atoms with E-state index in [1.54, 1.807) is 12.1 Å². The van der Waals surface area contributed by atoms with Crippen LogP contribution in [-0.2, 0) is 15.6 Å². The molecule has 3 aromatic carbocycles. The van der Waals surface area contributed by atoms with Gasteiger partial charge in [-0.3, -0.25) is 14.9 Å². The second-order valence-corrected chi connectivity index (χ2v) is 14.6. The Bertz CT molecular complexity index is 1950. The number of fused-ring (bicyclic) bond motifs is 3. The molecule has 0 atom stereocenters. The van der Waals surface area contributed by atoms with Crippen LogP contribution in [0.5, 0.6) is 0 Å². The molecule has 0 bridgehead atoms. The van der Waals surface area contributed by atoms with E-state index in [4.69, 9.17) is 5.11 Å². The second-order valence-electron chi connectivity index (χ2n) is 13.5. The average molecular weight is 649 g/mol. The van der Waals surface area contributed by atoms with Crippen molar-refractivity contribution in [2.24, 2.45) is 0 Å². The Labute approximate surface area is 280 Å². The average Bonchev–Trinajstić information content (AvgIpc) is 3.63. The van der Waals surface area contributed by atoms with E-state index in [9.17, 15) is 14.9 Å². The van der Waals surface area contributed by atoms with E-state index in [1.807, 2.05) is 17.4 Å². The van der Waals surface area contributed by atoms with Gasteiger partial charge in [0, 0.05) is 75.6 Å². The number of likely N-dealkylation sites (N-methyl/N-ethyl adjacent to an activating group) is 1. The number of aliphatic carboxylic acids is 1. The lowest BCUT2D eigenvalue weighted by Crippen LogP contribution is -2.28. The molecule has 0 aliphatic carbocycles. The van der Waals surface area contributed by atoms with Crippen molar-refractivity contribution in [3.8, 4) is 10.4 Å². The van der Waals surface area contributed by atoms with Crippen LogP contribution in [0, 0.1) is 10.1 Å². The number of carbonyl (C=O) groups is 1. The van der Waals surface area contributed by atoms with Crippen molar-refractivity contribution >= 4 is 50.2 Å². The SMILES string of the molecule is CCN1/C(=C/C=C/C2=[N+](CCCCCC(=O)O)c3ccc(-c4cc5ccccc5s4)cc3C2(C)C)C(C)(C)c2cc([N+](=O)[O-])ccc21. The molecule has 2 aliphatic heterocycles. The van der Waals surface area contributed by atoms with Gasteiger partial charge in [-0.25, -0.2) is 0 Å². The van der Waals surface area contributed by atoms with Gasteiger partial charge in [-0.05, 0) is 86.5 Å². The molecule has 0 saturated carbocycles. The highest BCUT2D eigenvalue weighted by Gasteiger charge is 2.45. The van der Waals surface area contributed by atoms with Gasteiger partial charge in [0.25, 0.3) is 5.69 Å². The molecular formula is C39H42N3O4S+. The number of rotatable bonds is 11. The lowest BCUT2D eigenvalue weighted by molar-refractivity contribution is -0.438. The van der Waals surface area contributed by atoms with Gasteiger partial charge in [0.1, 0.15) is 6.54 Å². The van der Waals surface area contributed by atoms with Crippen molar-refractivity contribution in [3.05, 3.63) is 112 Å². The van der Waals surface area contributed by atoms with E-state index in [2.05, 4.69) is 111 Å². The van der Waals surface area contributed by atoms with Crippen molar-refractivity contribution in [2.75, 3.05) is 18.0 Å². The van der Waals surface area contributed by atoms with Crippen molar-refractivity contribution in [3.63, 3.8) is 0 Å². The molecule has 0 spiro atoms. The number of carboxylic acid groups (broad SMARTS) is 1. The van der Waals surface area contributed by atoms with Gasteiger partial charge in [0.15, 0.2) is 5.71 Å². The number of thiophene rings is 1. The lowest BCUT2D eigenvalue weighted by Gasteiger charge is -2.25. The number of anilines is 1. The normalized spacial score (nSPS) is 17.2. The summed E-state index contributed by atoms with van der Waals surface area (Å²) < 4.78 is 3.69. The minimum Gasteiger partial charge on any atom is -0.481 e. The molecule has 4 aromatic rings. The maximum atomic E-state index is 11.6. The molecule has 0 saturated heterocycles. The summed E-state index contributed by atoms with van der Waals surface area (Å²) in [6.07, 6.45) is 9.12. The minimum absolute atomic E-state index is 0.111. The number of nitro benzene ring substituents is 1. The zero-order valence-electron chi connectivity index (χ0n) is 27.7. The first-order valence-electron chi connectivity index (χ1n) is 16.4. The minimum atomic E-state index is -0.748. The Morgan fingerprint density at radius 1 is 0.979 bits per heavy atom. The number of nitrogens with zero attached hydrogens (tertiary/aromatic N) is 3. The smallest absolute Gasteiger partial charge is 0.303 e. The van der Waals surface area contributed by atoms with Crippen LogP contribution in [0.4, 0.5) is 17.1 Å². The fourth-order valence-corrected chi connectivity index (χ4v) is 8.32. The predicted molar refractivity (Wildman–Crippen MR) is 193 cm³/mol. The fourth-order valence-electron chi connectivity index (χ4n) is 7.26. The number of hydrogen-bond donors (Lipinski definition) is 1. The van der Waals surface area contributed by atoms with Crippen molar-refractivity contribution in [1.82, 2.24) is 0 Å². The Morgan fingerprint density at radius 3 is 2.49 bits per heavy atom. The third kappa shape index (κ3) is 5.91. The van der Waals surface area contributed by atoms with Gasteiger partial charge in [-0.2, -0.15) is 4.58 Å². The summed E-state index contributed by atoms with van der Waals surface area (Å²) in [4.78, 5) is 25.8. The Hall–Kier alpha value is -4.56. The molecule has 0 unspecified atom stereocenters. The van der Waals surface area contributed by atoms with E-state index in [-0.39, 0.29) is 22.4 Å². The van der Waals surface area contributed by atoms with Gasteiger partial charge >= 0.3 is 5.97 Å². The molecule has 47 heavy (non-hydrogen) atoms.